The van der Waals surface area contributed by atoms with Gasteiger partial charge in [0.25, 0.3) is 0 Å². The summed E-state index contributed by atoms with van der Waals surface area (Å²) >= 11 is 1.41. The van der Waals surface area contributed by atoms with Gasteiger partial charge in [-0.1, -0.05) is 0 Å². The van der Waals surface area contributed by atoms with Gasteiger partial charge in [0.15, 0.2) is 0 Å². The summed E-state index contributed by atoms with van der Waals surface area (Å²) in [5.74, 6) is -1.62. The Kier molecular flexibility index (Phi) is 6.37. The van der Waals surface area contributed by atoms with Crippen molar-refractivity contribution in [3.8, 4) is 0 Å². The summed E-state index contributed by atoms with van der Waals surface area (Å²) in [7, 11) is 0. The van der Waals surface area contributed by atoms with Crippen LogP contribution in [0.25, 0.3) is 0 Å². The molecule has 1 aromatic heterocycles. The molecule has 0 atom stereocenters. The van der Waals surface area contributed by atoms with Crippen molar-refractivity contribution >= 4 is 28.8 Å². The zero-order valence-electron chi connectivity index (χ0n) is 14.3. The number of thiophene rings is 1. The molecule has 152 valence electrons. The van der Waals surface area contributed by atoms with Crippen LogP contribution in [0.15, 0.2) is 29.6 Å². The van der Waals surface area contributed by atoms with Gasteiger partial charge in [-0.05, 0) is 42.1 Å². The molecule has 0 fully saturated rings. The van der Waals surface area contributed by atoms with E-state index in [2.05, 4.69) is 5.32 Å². The number of aryl methyl sites for hydroxylation is 1. The van der Waals surface area contributed by atoms with Gasteiger partial charge in [-0.25, -0.2) is 0 Å². The predicted octanol–water partition coefficient (Wildman–Crippen LogP) is 4.74. The van der Waals surface area contributed by atoms with Gasteiger partial charge < -0.3 is 10.6 Å². The van der Waals surface area contributed by atoms with E-state index >= 15 is 0 Å². The molecule has 28 heavy (non-hydrogen) atoms. The molecule has 2 N–H and O–H groups in total. The molecule has 2 rings (SSSR count). The van der Waals surface area contributed by atoms with Gasteiger partial charge in [0.05, 0.1) is 17.7 Å². The highest BCUT2D eigenvalue weighted by Crippen LogP contribution is 2.41. The first-order chi connectivity index (χ1) is 12.9. The van der Waals surface area contributed by atoms with E-state index in [-0.39, 0.29) is 18.7 Å². The summed E-state index contributed by atoms with van der Waals surface area (Å²) < 4.78 is 76.9. The molecular formula is C17H14F6N2O2S. The van der Waals surface area contributed by atoms with E-state index in [0.29, 0.717) is 6.07 Å². The number of halogens is 6. The fourth-order valence-electron chi connectivity index (χ4n) is 2.28. The maximum Gasteiger partial charge on any atom is 0.417 e. The van der Waals surface area contributed by atoms with Crippen molar-refractivity contribution in [3.63, 3.8) is 0 Å². The van der Waals surface area contributed by atoms with Crippen LogP contribution in [0.1, 0.15) is 28.0 Å². The Bertz CT molecular complexity index is 873. The lowest BCUT2D eigenvalue weighted by atomic mass is 10.1. The third kappa shape index (κ3) is 5.72. The largest absolute Gasteiger partial charge is 0.417 e. The highest BCUT2D eigenvalue weighted by atomic mass is 32.1. The number of nitrogens with one attached hydrogen (secondary N) is 2. The predicted molar refractivity (Wildman–Crippen MR) is 90.6 cm³/mol. The Labute approximate surface area is 159 Å². The molecule has 0 unspecified atom stereocenters. The summed E-state index contributed by atoms with van der Waals surface area (Å²) in [4.78, 5) is 24.5. The van der Waals surface area contributed by atoms with Gasteiger partial charge >= 0.3 is 12.4 Å². The van der Waals surface area contributed by atoms with E-state index in [9.17, 15) is 35.9 Å². The first kappa shape index (κ1) is 21.7. The minimum Gasteiger partial charge on any atom is -0.351 e. The number of amides is 2. The van der Waals surface area contributed by atoms with Crippen LogP contribution in [0, 0.1) is 6.92 Å². The minimum absolute atomic E-state index is 0.188. The second-order valence-electron chi connectivity index (χ2n) is 5.78. The Morgan fingerprint density at radius 3 is 2.14 bits per heavy atom. The fourth-order valence-corrected chi connectivity index (χ4v) is 3.13. The Hall–Kier alpha value is -2.56. The van der Waals surface area contributed by atoms with E-state index in [0.717, 1.165) is 10.4 Å². The van der Waals surface area contributed by atoms with Crippen molar-refractivity contribution in [1.82, 2.24) is 5.32 Å². The topological polar surface area (TPSA) is 58.2 Å². The lowest BCUT2D eigenvalue weighted by Gasteiger charge is -2.16. The first-order valence-electron chi connectivity index (χ1n) is 7.76. The number of carbonyl (C=O) groups excluding carboxylic acids is 2. The number of benzene rings is 1. The van der Waals surface area contributed by atoms with Crippen molar-refractivity contribution < 1.29 is 35.9 Å². The molecule has 0 aliphatic carbocycles. The molecule has 0 saturated heterocycles. The van der Waals surface area contributed by atoms with Crippen molar-refractivity contribution in [2.24, 2.45) is 0 Å². The minimum atomic E-state index is -5.26. The number of alkyl halides is 6. The van der Waals surface area contributed by atoms with Crippen molar-refractivity contribution in [2.45, 2.75) is 32.2 Å². The molecule has 0 bridgehead atoms. The SMILES string of the molecule is Cc1ccsc1CNC(=O)CC(=O)Nc1ccc(C(F)(F)F)c(C(F)(F)F)c1. The maximum atomic E-state index is 12.9. The summed E-state index contributed by atoms with van der Waals surface area (Å²) in [6, 6.07) is 2.97. The molecule has 0 aliphatic rings. The van der Waals surface area contributed by atoms with Gasteiger partial charge in [-0.15, -0.1) is 11.3 Å². The molecule has 2 amide bonds. The van der Waals surface area contributed by atoms with Crippen LogP contribution in [0.5, 0.6) is 0 Å². The lowest BCUT2D eigenvalue weighted by molar-refractivity contribution is -0.162. The number of hydrogen-bond acceptors (Lipinski definition) is 3. The zero-order valence-corrected chi connectivity index (χ0v) is 15.1. The quantitative estimate of drug-likeness (QED) is 0.538. The van der Waals surface area contributed by atoms with Crippen molar-refractivity contribution in [3.05, 3.63) is 51.2 Å². The van der Waals surface area contributed by atoms with Gasteiger partial charge in [0.2, 0.25) is 11.8 Å². The van der Waals surface area contributed by atoms with Crippen LogP contribution in [0.2, 0.25) is 0 Å². The Morgan fingerprint density at radius 2 is 1.61 bits per heavy atom. The van der Waals surface area contributed by atoms with Crippen LogP contribution in [0.4, 0.5) is 32.0 Å². The normalized spacial score (nSPS) is 12.0. The highest BCUT2D eigenvalue weighted by molar-refractivity contribution is 7.10. The Balaban J connectivity index is 2.03. The Morgan fingerprint density at radius 1 is 0.964 bits per heavy atom. The summed E-state index contributed by atoms with van der Waals surface area (Å²) in [6.45, 7) is 2.03. The molecule has 1 heterocycles. The van der Waals surface area contributed by atoms with Crippen LogP contribution in [0.3, 0.4) is 0 Å². The third-order valence-electron chi connectivity index (χ3n) is 3.65. The fraction of sp³-hybridized carbons (Fsp3) is 0.294. The van der Waals surface area contributed by atoms with Crippen molar-refractivity contribution in [2.75, 3.05) is 5.32 Å². The number of anilines is 1. The average Bonchev–Trinajstić information content (AvgIpc) is 2.96. The monoisotopic (exact) mass is 424 g/mol. The molecule has 1 aromatic carbocycles. The van der Waals surface area contributed by atoms with Crippen LogP contribution in [-0.2, 0) is 28.5 Å². The second kappa shape index (κ2) is 8.21. The highest BCUT2D eigenvalue weighted by Gasteiger charge is 2.43. The van der Waals surface area contributed by atoms with E-state index in [1.807, 2.05) is 23.7 Å². The smallest absolute Gasteiger partial charge is 0.351 e. The third-order valence-corrected chi connectivity index (χ3v) is 4.67. The van der Waals surface area contributed by atoms with Crippen LogP contribution < -0.4 is 10.6 Å². The molecule has 0 radical (unpaired) electrons. The molecular weight excluding hydrogens is 410 g/mol. The molecule has 0 aliphatic heterocycles. The van der Waals surface area contributed by atoms with E-state index < -0.39 is 47.4 Å². The zero-order chi connectivity index (χ0) is 21.1. The number of carbonyl (C=O) groups is 2. The molecule has 2 aromatic rings. The van der Waals surface area contributed by atoms with E-state index in [1.165, 1.54) is 11.3 Å². The summed E-state index contributed by atoms with van der Waals surface area (Å²) in [6.07, 6.45) is -11.2. The lowest BCUT2D eigenvalue weighted by Crippen LogP contribution is -2.27. The average molecular weight is 424 g/mol. The van der Waals surface area contributed by atoms with Gasteiger partial charge in [-0.3, -0.25) is 9.59 Å². The molecule has 11 heteroatoms. The van der Waals surface area contributed by atoms with Crippen LogP contribution >= 0.6 is 11.3 Å². The van der Waals surface area contributed by atoms with Gasteiger partial charge in [0, 0.05) is 10.6 Å². The van der Waals surface area contributed by atoms with Crippen molar-refractivity contribution in [1.29, 1.82) is 0 Å². The van der Waals surface area contributed by atoms with E-state index in [4.69, 9.17) is 0 Å². The summed E-state index contributed by atoms with van der Waals surface area (Å²) in [5.41, 5.74) is -3.32. The summed E-state index contributed by atoms with van der Waals surface area (Å²) in [5, 5.41) is 6.32. The second-order valence-corrected chi connectivity index (χ2v) is 6.79. The standard InChI is InChI=1S/C17H14F6N2O2S/c1-9-4-5-28-13(9)8-24-14(26)7-15(27)25-10-2-3-11(16(18,19)20)12(6-10)17(21,22)23/h2-6H,7-8H2,1H3,(H,24,26)(H,25,27). The molecule has 0 saturated carbocycles. The number of rotatable bonds is 5. The van der Waals surface area contributed by atoms with Gasteiger partial charge in [0.1, 0.15) is 6.42 Å². The molecule has 0 spiro atoms. The van der Waals surface area contributed by atoms with Gasteiger partial charge in [-0.2, -0.15) is 26.3 Å². The molecule has 4 nitrogen and oxygen atoms in total. The first-order valence-corrected chi connectivity index (χ1v) is 8.64. The number of hydrogen-bond donors (Lipinski definition) is 2. The van der Waals surface area contributed by atoms with Crippen LogP contribution in [-0.4, -0.2) is 11.8 Å². The maximum absolute atomic E-state index is 12.9. The van der Waals surface area contributed by atoms with E-state index in [1.54, 1.807) is 0 Å².